The van der Waals surface area contributed by atoms with Crippen LogP contribution in [-0.4, -0.2) is 69.7 Å². The third-order valence-electron chi connectivity index (χ3n) is 4.96. The Balaban J connectivity index is 0.000000353. The zero-order valence-corrected chi connectivity index (χ0v) is 16.2. The number of hydrogen-bond donors (Lipinski definition) is 2. The summed E-state index contributed by atoms with van der Waals surface area (Å²) < 4.78 is 7.53. The molecular weight excluding hydrogens is 374 g/mol. The maximum Gasteiger partial charge on any atom is 0.414 e. The Labute approximate surface area is 169 Å². The molecule has 0 saturated carbocycles. The number of aliphatic carboxylic acids is 2. The summed E-state index contributed by atoms with van der Waals surface area (Å²) in [5.74, 6) is -3.65. The van der Waals surface area contributed by atoms with E-state index in [1.807, 2.05) is 12.3 Å². The summed E-state index contributed by atoms with van der Waals surface area (Å²) in [5.41, 5.74) is 5.31. The van der Waals surface area contributed by atoms with E-state index in [9.17, 15) is 0 Å². The Morgan fingerprint density at radius 1 is 1.07 bits per heavy atom. The Morgan fingerprint density at radius 2 is 1.76 bits per heavy atom. The van der Waals surface area contributed by atoms with Crippen LogP contribution in [0.4, 0.5) is 0 Å². The molecule has 1 aliphatic heterocycles. The van der Waals surface area contributed by atoms with Crippen LogP contribution in [0.5, 0.6) is 0 Å². The van der Waals surface area contributed by atoms with E-state index < -0.39 is 11.9 Å². The quantitative estimate of drug-likeness (QED) is 0.762. The fraction of sp³-hybridized carbons (Fsp3) is 0.381. The molecule has 1 aliphatic carbocycles. The van der Waals surface area contributed by atoms with Gasteiger partial charge in [-0.2, -0.15) is 5.10 Å². The molecular formula is C21H25N3O5. The molecule has 29 heavy (non-hydrogen) atoms. The van der Waals surface area contributed by atoms with E-state index >= 15 is 0 Å². The highest BCUT2D eigenvalue weighted by molar-refractivity contribution is 6.27. The van der Waals surface area contributed by atoms with E-state index in [0.717, 1.165) is 51.4 Å². The average Bonchev–Trinajstić information content (AvgIpc) is 3.19. The van der Waals surface area contributed by atoms with Gasteiger partial charge in [0.15, 0.2) is 0 Å². The second kappa shape index (κ2) is 9.99. The van der Waals surface area contributed by atoms with Crippen molar-refractivity contribution in [2.75, 3.05) is 32.8 Å². The first kappa shape index (κ1) is 20.8. The molecule has 2 heterocycles. The first-order chi connectivity index (χ1) is 14.1. The van der Waals surface area contributed by atoms with Crippen LogP contribution in [0.3, 0.4) is 0 Å². The molecule has 0 spiro atoms. The maximum absolute atomic E-state index is 9.10. The van der Waals surface area contributed by atoms with Gasteiger partial charge in [0.1, 0.15) is 0 Å². The summed E-state index contributed by atoms with van der Waals surface area (Å²) >= 11 is 0. The average molecular weight is 399 g/mol. The Morgan fingerprint density at radius 3 is 2.41 bits per heavy atom. The summed E-state index contributed by atoms with van der Waals surface area (Å²) in [6.07, 6.45) is 7.93. The highest BCUT2D eigenvalue weighted by Crippen LogP contribution is 2.31. The van der Waals surface area contributed by atoms with E-state index in [0.29, 0.717) is 0 Å². The number of rotatable bonds is 3. The molecule has 4 rings (SSSR count). The van der Waals surface area contributed by atoms with Crippen LogP contribution in [0.2, 0.25) is 0 Å². The van der Waals surface area contributed by atoms with E-state index in [1.54, 1.807) is 0 Å². The smallest absolute Gasteiger partial charge is 0.414 e. The molecule has 2 aromatic rings. The maximum atomic E-state index is 9.10. The predicted molar refractivity (Wildman–Crippen MR) is 107 cm³/mol. The van der Waals surface area contributed by atoms with Gasteiger partial charge in [-0.3, -0.25) is 4.90 Å². The van der Waals surface area contributed by atoms with Crippen LogP contribution in [0.25, 0.3) is 11.3 Å². The second-order valence-corrected chi connectivity index (χ2v) is 6.86. The number of para-hydroxylation sites is 1. The minimum Gasteiger partial charge on any atom is -0.473 e. The number of hydrogen-bond acceptors (Lipinski definition) is 5. The molecule has 1 aromatic heterocycles. The summed E-state index contributed by atoms with van der Waals surface area (Å²) in [7, 11) is 0. The van der Waals surface area contributed by atoms with Gasteiger partial charge < -0.3 is 14.9 Å². The van der Waals surface area contributed by atoms with Crippen LogP contribution >= 0.6 is 0 Å². The van der Waals surface area contributed by atoms with Crippen molar-refractivity contribution >= 4 is 17.5 Å². The van der Waals surface area contributed by atoms with Gasteiger partial charge >= 0.3 is 11.9 Å². The summed E-state index contributed by atoms with van der Waals surface area (Å²) in [6.45, 7) is 4.83. The highest BCUT2D eigenvalue weighted by atomic mass is 16.5. The number of morpholine rings is 1. The molecule has 0 bridgehead atoms. The molecule has 8 nitrogen and oxygen atoms in total. The zero-order chi connectivity index (χ0) is 20.6. The second-order valence-electron chi connectivity index (χ2n) is 6.86. The molecule has 154 valence electrons. The molecule has 0 atom stereocenters. The molecule has 2 aliphatic rings. The van der Waals surface area contributed by atoms with Gasteiger partial charge in [-0.1, -0.05) is 24.3 Å². The zero-order valence-electron chi connectivity index (χ0n) is 16.2. The Hall–Kier alpha value is -2.97. The summed E-state index contributed by atoms with van der Waals surface area (Å²) in [5, 5.41) is 19.4. The number of allylic oxidation sites excluding steroid dienone is 1. The lowest BCUT2D eigenvalue weighted by Crippen LogP contribution is -2.36. The van der Waals surface area contributed by atoms with Crippen molar-refractivity contribution in [1.82, 2.24) is 14.7 Å². The molecule has 8 heteroatoms. The van der Waals surface area contributed by atoms with Crippen LogP contribution in [0, 0.1) is 0 Å². The largest absolute Gasteiger partial charge is 0.473 e. The number of nitrogens with zero attached hydrogens (tertiary/aromatic N) is 3. The lowest BCUT2D eigenvalue weighted by molar-refractivity contribution is -0.159. The first-order valence-electron chi connectivity index (χ1n) is 9.64. The van der Waals surface area contributed by atoms with Gasteiger partial charge in [-0.15, -0.1) is 0 Å². The molecule has 1 fully saturated rings. The van der Waals surface area contributed by atoms with Crippen molar-refractivity contribution < 1.29 is 24.5 Å². The number of carboxylic acids is 2. The van der Waals surface area contributed by atoms with Crippen molar-refractivity contribution in [3.05, 3.63) is 53.9 Å². The van der Waals surface area contributed by atoms with Gasteiger partial charge in [0, 0.05) is 25.2 Å². The van der Waals surface area contributed by atoms with Crippen LogP contribution in [-0.2, 0) is 20.7 Å². The summed E-state index contributed by atoms with van der Waals surface area (Å²) in [4.78, 5) is 20.7. The molecule has 2 N–H and O–H groups in total. The molecule has 0 radical (unpaired) electrons. The van der Waals surface area contributed by atoms with E-state index in [1.165, 1.54) is 23.3 Å². The van der Waals surface area contributed by atoms with E-state index in [2.05, 4.69) is 45.0 Å². The fourth-order valence-electron chi connectivity index (χ4n) is 3.49. The summed E-state index contributed by atoms with van der Waals surface area (Å²) in [6, 6.07) is 10.4. The highest BCUT2D eigenvalue weighted by Gasteiger charge is 2.20. The number of carbonyl (C=O) groups is 2. The van der Waals surface area contributed by atoms with E-state index in [-0.39, 0.29) is 0 Å². The van der Waals surface area contributed by atoms with E-state index in [4.69, 9.17) is 24.5 Å². The van der Waals surface area contributed by atoms with Crippen LogP contribution in [0.15, 0.2) is 42.6 Å². The molecule has 1 aromatic carbocycles. The van der Waals surface area contributed by atoms with Crippen molar-refractivity contribution in [3.63, 3.8) is 0 Å². The Bertz CT molecular complexity index is 858. The fourth-order valence-corrected chi connectivity index (χ4v) is 3.49. The standard InChI is InChI=1S/C19H23N3O.C2H2O4/c1-2-6-17(7-3-1)22-19-8-4-5-16(18(19)15-20-22)9-10-21-11-13-23-14-12-21;3-1(4)2(5)6/h1-3,6-7,9,15H,4-5,8,10-14H2;(H,3,4)(H,5,6)/b16-9+;. The van der Waals surface area contributed by atoms with Gasteiger partial charge in [-0.25, -0.2) is 14.3 Å². The van der Waals surface area contributed by atoms with Crippen molar-refractivity contribution in [3.8, 4) is 5.69 Å². The third kappa shape index (κ3) is 5.52. The van der Waals surface area contributed by atoms with Gasteiger partial charge in [0.2, 0.25) is 0 Å². The van der Waals surface area contributed by atoms with Gasteiger partial charge in [0.25, 0.3) is 0 Å². The SMILES string of the molecule is C(/CN1CCOCC1)=C1/CCCc2c1cnn2-c1ccccc1.O=C(O)C(=O)O. The molecule has 0 amide bonds. The normalized spacial score (nSPS) is 17.9. The predicted octanol–water partition coefficient (Wildman–Crippen LogP) is 2.08. The molecule has 1 saturated heterocycles. The molecule has 0 unspecified atom stereocenters. The van der Waals surface area contributed by atoms with Crippen molar-refractivity contribution in [1.29, 1.82) is 0 Å². The van der Waals surface area contributed by atoms with Crippen LogP contribution < -0.4 is 0 Å². The number of carboxylic acid groups (broad SMARTS) is 2. The van der Waals surface area contributed by atoms with Gasteiger partial charge in [-0.05, 0) is 37.0 Å². The number of fused-ring (bicyclic) bond motifs is 1. The Kier molecular flexibility index (Phi) is 7.15. The topological polar surface area (TPSA) is 105 Å². The number of ether oxygens (including phenoxy) is 1. The third-order valence-corrected chi connectivity index (χ3v) is 4.96. The lowest BCUT2D eigenvalue weighted by atomic mass is 9.92. The lowest BCUT2D eigenvalue weighted by Gasteiger charge is -2.26. The monoisotopic (exact) mass is 399 g/mol. The minimum absolute atomic E-state index is 0.861. The number of aromatic nitrogens is 2. The van der Waals surface area contributed by atoms with Crippen LogP contribution in [0.1, 0.15) is 24.1 Å². The van der Waals surface area contributed by atoms with Crippen molar-refractivity contribution in [2.24, 2.45) is 0 Å². The first-order valence-corrected chi connectivity index (χ1v) is 9.64. The van der Waals surface area contributed by atoms with Crippen molar-refractivity contribution in [2.45, 2.75) is 19.3 Å². The minimum atomic E-state index is -1.82. The number of benzene rings is 1. The van der Waals surface area contributed by atoms with Gasteiger partial charge in [0.05, 0.1) is 30.8 Å².